The summed E-state index contributed by atoms with van der Waals surface area (Å²) < 4.78 is 0. The SMILES string of the molecule is CC1CCC(O)(CNCc2cc([N+](=O)[O-])ccc2Cl)CC1. The van der Waals surface area contributed by atoms with Gasteiger partial charge in [-0.3, -0.25) is 10.1 Å². The second kappa shape index (κ2) is 6.73. The monoisotopic (exact) mass is 312 g/mol. The average Bonchev–Trinajstić information content (AvgIpc) is 2.44. The first kappa shape index (κ1) is 16.2. The Morgan fingerprint density at radius 2 is 2.14 bits per heavy atom. The van der Waals surface area contributed by atoms with Crippen molar-refractivity contribution < 1.29 is 10.0 Å². The molecule has 0 aromatic heterocycles. The van der Waals surface area contributed by atoms with Gasteiger partial charge in [-0.05, 0) is 43.2 Å². The molecule has 0 bridgehead atoms. The summed E-state index contributed by atoms with van der Waals surface area (Å²) in [6.45, 7) is 3.10. The molecule has 0 heterocycles. The van der Waals surface area contributed by atoms with E-state index in [0.29, 0.717) is 29.6 Å². The normalized spacial score (nSPS) is 25.8. The number of hydrogen-bond donors (Lipinski definition) is 2. The van der Waals surface area contributed by atoms with Crippen molar-refractivity contribution in [3.8, 4) is 0 Å². The van der Waals surface area contributed by atoms with E-state index >= 15 is 0 Å². The Hall–Kier alpha value is -1.17. The zero-order chi connectivity index (χ0) is 15.5. The molecule has 0 amide bonds. The summed E-state index contributed by atoms with van der Waals surface area (Å²) in [4.78, 5) is 10.3. The first-order valence-electron chi connectivity index (χ1n) is 7.25. The summed E-state index contributed by atoms with van der Waals surface area (Å²) >= 11 is 6.05. The standard InChI is InChI=1S/C15H21ClN2O3/c1-11-4-6-15(19,7-5-11)10-17-9-12-8-13(18(20)21)2-3-14(12)16/h2-3,8,11,17,19H,4-7,9-10H2,1H3. The van der Waals surface area contributed by atoms with Crippen molar-refractivity contribution in [2.45, 2.75) is 44.8 Å². The summed E-state index contributed by atoms with van der Waals surface area (Å²) in [5.74, 6) is 0.677. The number of non-ortho nitro benzene ring substituents is 1. The van der Waals surface area contributed by atoms with Gasteiger partial charge in [0.1, 0.15) is 0 Å². The van der Waals surface area contributed by atoms with E-state index in [1.165, 1.54) is 18.2 Å². The Kier molecular flexibility index (Phi) is 5.19. The van der Waals surface area contributed by atoms with Crippen molar-refractivity contribution >= 4 is 17.3 Å². The van der Waals surface area contributed by atoms with Crippen molar-refractivity contribution in [2.75, 3.05) is 6.54 Å². The third kappa shape index (κ3) is 4.40. The molecule has 1 aromatic carbocycles. The van der Waals surface area contributed by atoms with E-state index in [-0.39, 0.29) is 5.69 Å². The van der Waals surface area contributed by atoms with Crippen molar-refractivity contribution in [3.63, 3.8) is 0 Å². The molecule has 0 unspecified atom stereocenters. The number of benzene rings is 1. The van der Waals surface area contributed by atoms with Crippen LogP contribution in [0.15, 0.2) is 18.2 Å². The zero-order valence-electron chi connectivity index (χ0n) is 12.1. The van der Waals surface area contributed by atoms with Crippen LogP contribution in [0.25, 0.3) is 0 Å². The second-order valence-corrected chi connectivity index (χ2v) is 6.45. The van der Waals surface area contributed by atoms with Crippen LogP contribution in [0.4, 0.5) is 5.69 Å². The van der Waals surface area contributed by atoms with Gasteiger partial charge in [0.2, 0.25) is 0 Å². The molecule has 116 valence electrons. The van der Waals surface area contributed by atoms with Gasteiger partial charge in [-0.25, -0.2) is 0 Å². The Morgan fingerprint density at radius 1 is 1.48 bits per heavy atom. The van der Waals surface area contributed by atoms with E-state index in [1.807, 2.05) is 0 Å². The fourth-order valence-electron chi connectivity index (χ4n) is 2.72. The molecule has 0 spiro atoms. The van der Waals surface area contributed by atoms with Crippen LogP contribution >= 0.6 is 11.6 Å². The fraction of sp³-hybridized carbons (Fsp3) is 0.600. The molecule has 1 aliphatic carbocycles. The van der Waals surface area contributed by atoms with Gasteiger partial charge in [0, 0.05) is 30.2 Å². The number of aliphatic hydroxyl groups is 1. The smallest absolute Gasteiger partial charge is 0.269 e. The van der Waals surface area contributed by atoms with Crippen molar-refractivity contribution in [3.05, 3.63) is 38.9 Å². The minimum absolute atomic E-state index is 0.0291. The first-order chi connectivity index (χ1) is 9.89. The fourth-order valence-corrected chi connectivity index (χ4v) is 2.90. The highest BCUT2D eigenvalue weighted by molar-refractivity contribution is 6.31. The minimum Gasteiger partial charge on any atom is -0.389 e. The van der Waals surface area contributed by atoms with Crippen LogP contribution in [0.3, 0.4) is 0 Å². The van der Waals surface area contributed by atoms with Gasteiger partial charge in [0.25, 0.3) is 5.69 Å². The number of nitro benzene ring substituents is 1. The van der Waals surface area contributed by atoms with E-state index in [2.05, 4.69) is 12.2 Å². The van der Waals surface area contributed by atoms with Gasteiger partial charge >= 0.3 is 0 Å². The van der Waals surface area contributed by atoms with Crippen LogP contribution in [-0.2, 0) is 6.54 Å². The molecule has 2 rings (SSSR count). The lowest BCUT2D eigenvalue weighted by atomic mass is 9.79. The maximum atomic E-state index is 10.8. The number of halogens is 1. The topological polar surface area (TPSA) is 75.4 Å². The quantitative estimate of drug-likeness (QED) is 0.646. The number of nitrogens with one attached hydrogen (secondary N) is 1. The van der Waals surface area contributed by atoms with E-state index in [4.69, 9.17) is 11.6 Å². The number of hydrogen-bond acceptors (Lipinski definition) is 4. The van der Waals surface area contributed by atoms with Gasteiger partial charge in [0.15, 0.2) is 0 Å². The third-order valence-corrected chi connectivity index (χ3v) is 4.58. The first-order valence-corrected chi connectivity index (χ1v) is 7.63. The lowest BCUT2D eigenvalue weighted by Crippen LogP contribution is -2.43. The molecule has 1 fully saturated rings. The van der Waals surface area contributed by atoms with Crippen molar-refractivity contribution in [2.24, 2.45) is 5.92 Å². The van der Waals surface area contributed by atoms with Crippen LogP contribution in [0, 0.1) is 16.0 Å². The molecule has 2 N–H and O–H groups in total. The van der Waals surface area contributed by atoms with Gasteiger partial charge in [-0.1, -0.05) is 18.5 Å². The summed E-state index contributed by atoms with van der Waals surface area (Å²) in [5.41, 5.74) is 0.0414. The predicted molar refractivity (Wildman–Crippen MR) is 82.4 cm³/mol. The molecule has 0 atom stereocenters. The van der Waals surface area contributed by atoms with Crippen LogP contribution in [0.2, 0.25) is 5.02 Å². The summed E-state index contributed by atoms with van der Waals surface area (Å²) in [5, 5.41) is 24.9. The van der Waals surface area contributed by atoms with E-state index in [9.17, 15) is 15.2 Å². The Bertz CT molecular complexity index is 514. The highest BCUT2D eigenvalue weighted by atomic mass is 35.5. The lowest BCUT2D eigenvalue weighted by Gasteiger charge is -2.35. The minimum atomic E-state index is -0.667. The second-order valence-electron chi connectivity index (χ2n) is 6.04. The van der Waals surface area contributed by atoms with Gasteiger partial charge in [0.05, 0.1) is 10.5 Å². The molecule has 1 saturated carbocycles. The number of rotatable bonds is 5. The van der Waals surface area contributed by atoms with Gasteiger partial charge < -0.3 is 10.4 Å². The molecular formula is C15H21ClN2O3. The summed E-state index contributed by atoms with van der Waals surface area (Å²) in [6.07, 6.45) is 3.67. The summed E-state index contributed by atoms with van der Waals surface area (Å²) in [6, 6.07) is 4.40. The summed E-state index contributed by atoms with van der Waals surface area (Å²) in [7, 11) is 0. The lowest BCUT2D eigenvalue weighted by molar-refractivity contribution is -0.384. The zero-order valence-corrected chi connectivity index (χ0v) is 12.9. The highest BCUT2D eigenvalue weighted by Crippen LogP contribution is 2.31. The Balaban J connectivity index is 1.91. The van der Waals surface area contributed by atoms with E-state index in [0.717, 1.165) is 25.7 Å². The van der Waals surface area contributed by atoms with Crippen LogP contribution in [0.5, 0.6) is 0 Å². The number of nitrogens with zero attached hydrogens (tertiary/aromatic N) is 1. The highest BCUT2D eigenvalue weighted by Gasteiger charge is 2.31. The average molecular weight is 313 g/mol. The molecule has 0 aliphatic heterocycles. The Morgan fingerprint density at radius 3 is 2.76 bits per heavy atom. The van der Waals surface area contributed by atoms with Gasteiger partial charge in [-0.15, -0.1) is 0 Å². The molecule has 1 aromatic rings. The maximum absolute atomic E-state index is 10.8. The molecule has 0 saturated heterocycles. The van der Waals surface area contributed by atoms with Crippen molar-refractivity contribution in [1.29, 1.82) is 0 Å². The van der Waals surface area contributed by atoms with E-state index < -0.39 is 10.5 Å². The molecule has 1 aliphatic rings. The molecule has 6 heteroatoms. The number of nitro groups is 1. The molecular weight excluding hydrogens is 292 g/mol. The maximum Gasteiger partial charge on any atom is 0.269 e. The molecule has 5 nitrogen and oxygen atoms in total. The Labute approximate surface area is 129 Å². The largest absolute Gasteiger partial charge is 0.389 e. The van der Waals surface area contributed by atoms with E-state index in [1.54, 1.807) is 0 Å². The van der Waals surface area contributed by atoms with Gasteiger partial charge in [-0.2, -0.15) is 0 Å². The predicted octanol–water partition coefficient (Wildman–Crippen LogP) is 3.28. The third-order valence-electron chi connectivity index (χ3n) is 4.21. The van der Waals surface area contributed by atoms with Crippen LogP contribution < -0.4 is 5.32 Å². The molecule has 21 heavy (non-hydrogen) atoms. The van der Waals surface area contributed by atoms with Crippen molar-refractivity contribution in [1.82, 2.24) is 5.32 Å². The van der Waals surface area contributed by atoms with Crippen LogP contribution in [0.1, 0.15) is 38.2 Å². The van der Waals surface area contributed by atoms with Crippen LogP contribution in [-0.4, -0.2) is 22.2 Å². The molecule has 0 radical (unpaired) electrons.